The van der Waals surface area contributed by atoms with E-state index in [0.29, 0.717) is 6.54 Å². The summed E-state index contributed by atoms with van der Waals surface area (Å²) in [6, 6.07) is 5.86. The predicted octanol–water partition coefficient (Wildman–Crippen LogP) is 1.90. The number of ketones is 1. The minimum Gasteiger partial charge on any atom is -0.497 e. The highest BCUT2D eigenvalue weighted by molar-refractivity contribution is 6.00. The second-order valence-corrected chi connectivity index (χ2v) is 5.07. The molecule has 3 heteroatoms. The number of benzene rings is 1. The van der Waals surface area contributed by atoms with Gasteiger partial charge < -0.3 is 10.1 Å². The third-order valence-corrected chi connectivity index (χ3v) is 4.16. The van der Waals surface area contributed by atoms with Gasteiger partial charge in [0.1, 0.15) is 5.75 Å². The van der Waals surface area contributed by atoms with Crippen molar-refractivity contribution in [2.75, 3.05) is 20.2 Å². The second kappa shape index (κ2) is 3.84. The average Bonchev–Trinajstić information content (AvgIpc) is 2.45. The molecule has 90 valence electrons. The number of rotatable bonds is 1. The molecule has 0 atom stereocenters. The van der Waals surface area contributed by atoms with E-state index in [1.165, 1.54) is 24.8 Å². The maximum Gasteiger partial charge on any atom is 0.176 e. The van der Waals surface area contributed by atoms with Gasteiger partial charge in [0.25, 0.3) is 0 Å². The number of nitrogens with one attached hydrogen (secondary N) is 1. The standard InChI is InChI=1S/C14H17NO2/c1-17-10-3-4-11-12(7-10)14(5-2-6-14)9-15-8-13(11)16/h3-4,7,15H,2,5-6,8-9H2,1H3. The normalized spacial score (nSPS) is 21.6. The van der Waals surface area contributed by atoms with Crippen LogP contribution in [0.25, 0.3) is 0 Å². The number of Topliss-reactive ketones (excluding diaryl/α,β-unsaturated/α-hetero) is 1. The van der Waals surface area contributed by atoms with Crippen LogP contribution < -0.4 is 10.1 Å². The summed E-state index contributed by atoms with van der Waals surface area (Å²) >= 11 is 0. The highest BCUT2D eigenvalue weighted by Gasteiger charge is 2.42. The van der Waals surface area contributed by atoms with Gasteiger partial charge in [-0.2, -0.15) is 0 Å². The van der Waals surface area contributed by atoms with Gasteiger partial charge in [0.05, 0.1) is 13.7 Å². The molecule has 0 radical (unpaired) electrons. The van der Waals surface area contributed by atoms with E-state index in [2.05, 4.69) is 11.4 Å². The van der Waals surface area contributed by atoms with Gasteiger partial charge in [0, 0.05) is 17.5 Å². The van der Waals surface area contributed by atoms with E-state index in [1.54, 1.807) is 7.11 Å². The Morgan fingerprint density at radius 3 is 2.82 bits per heavy atom. The Balaban J connectivity index is 2.14. The molecule has 1 aliphatic heterocycles. The molecule has 0 saturated heterocycles. The van der Waals surface area contributed by atoms with Crippen molar-refractivity contribution in [3.05, 3.63) is 29.3 Å². The van der Waals surface area contributed by atoms with Crippen molar-refractivity contribution in [2.45, 2.75) is 24.7 Å². The summed E-state index contributed by atoms with van der Waals surface area (Å²) < 4.78 is 5.29. The Morgan fingerprint density at radius 1 is 1.35 bits per heavy atom. The molecule has 0 bridgehead atoms. The molecule has 1 aliphatic carbocycles. The molecule has 1 N–H and O–H groups in total. The van der Waals surface area contributed by atoms with Crippen molar-refractivity contribution in [1.29, 1.82) is 0 Å². The van der Waals surface area contributed by atoms with Gasteiger partial charge in [0.2, 0.25) is 0 Å². The topological polar surface area (TPSA) is 38.3 Å². The maximum absolute atomic E-state index is 12.0. The van der Waals surface area contributed by atoms with Crippen molar-refractivity contribution in [1.82, 2.24) is 5.32 Å². The number of methoxy groups -OCH3 is 1. The summed E-state index contributed by atoms with van der Waals surface area (Å²) in [4.78, 5) is 12.0. The smallest absolute Gasteiger partial charge is 0.176 e. The molecule has 0 aromatic heterocycles. The molecule has 0 unspecified atom stereocenters. The van der Waals surface area contributed by atoms with Crippen LogP contribution in [0.4, 0.5) is 0 Å². The minimum absolute atomic E-state index is 0.177. The lowest BCUT2D eigenvalue weighted by Gasteiger charge is -2.42. The van der Waals surface area contributed by atoms with Crippen LogP contribution in [0.3, 0.4) is 0 Å². The Bertz CT molecular complexity index is 463. The average molecular weight is 231 g/mol. The van der Waals surface area contributed by atoms with E-state index < -0.39 is 0 Å². The van der Waals surface area contributed by atoms with Crippen LogP contribution in [-0.2, 0) is 5.41 Å². The van der Waals surface area contributed by atoms with Gasteiger partial charge in [-0.25, -0.2) is 0 Å². The van der Waals surface area contributed by atoms with E-state index >= 15 is 0 Å². The Kier molecular flexibility index (Phi) is 2.44. The Hall–Kier alpha value is -1.35. The molecule has 1 fully saturated rings. The number of carbonyl (C=O) groups is 1. The van der Waals surface area contributed by atoms with E-state index in [4.69, 9.17) is 4.74 Å². The summed E-state index contributed by atoms with van der Waals surface area (Å²) in [5.74, 6) is 1.05. The molecule has 17 heavy (non-hydrogen) atoms. The maximum atomic E-state index is 12.0. The zero-order valence-corrected chi connectivity index (χ0v) is 10.1. The monoisotopic (exact) mass is 231 g/mol. The summed E-state index contributed by atoms with van der Waals surface area (Å²) in [7, 11) is 1.67. The molecule has 0 amide bonds. The van der Waals surface area contributed by atoms with Gasteiger partial charge in [-0.3, -0.25) is 4.79 Å². The fraction of sp³-hybridized carbons (Fsp3) is 0.500. The first-order valence-corrected chi connectivity index (χ1v) is 6.18. The van der Waals surface area contributed by atoms with Gasteiger partial charge in [-0.15, -0.1) is 0 Å². The molecule has 1 spiro atoms. The van der Waals surface area contributed by atoms with Crippen molar-refractivity contribution in [3.63, 3.8) is 0 Å². The van der Waals surface area contributed by atoms with Crippen LogP contribution in [0, 0.1) is 0 Å². The number of carbonyl (C=O) groups excluding carboxylic acids is 1. The Labute approximate surface area is 101 Å². The third-order valence-electron chi connectivity index (χ3n) is 4.16. The lowest BCUT2D eigenvalue weighted by atomic mass is 9.63. The van der Waals surface area contributed by atoms with Crippen molar-refractivity contribution >= 4 is 5.78 Å². The fourth-order valence-corrected chi connectivity index (χ4v) is 2.99. The Morgan fingerprint density at radius 2 is 2.18 bits per heavy atom. The summed E-state index contributed by atoms with van der Waals surface area (Å²) in [6.45, 7) is 1.37. The highest BCUT2D eigenvalue weighted by Crippen LogP contribution is 2.46. The molecule has 3 rings (SSSR count). The first-order chi connectivity index (χ1) is 8.25. The second-order valence-electron chi connectivity index (χ2n) is 5.07. The summed E-state index contributed by atoms with van der Waals surface area (Å²) in [5, 5.41) is 3.28. The zero-order chi connectivity index (χ0) is 11.9. The first kappa shape index (κ1) is 10.8. The van der Waals surface area contributed by atoms with E-state index in [9.17, 15) is 4.79 Å². The molecule has 1 heterocycles. The van der Waals surface area contributed by atoms with Gasteiger partial charge in [0.15, 0.2) is 5.78 Å². The van der Waals surface area contributed by atoms with Gasteiger partial charge in [-0.05, 0) is 36.6 Å². The summed E-state index contributed by atoms with van der Waals surface area (Å²) in [5.41, 5.74) is 2.25. The van der Waals surface area contributed by atoms with Crippen LogP contribution in [0.1, 0.15) is 35.2 Å². The first-order valence-electron chi connectivity index (χ1n) is 6.18. The molecular weight excluding hydrogens is 214 g/mol. The van der Waals surface area contributed by atoms with Crippen LogP contribution >= 0.6 is 0 Å². The molecule has 1 aromatic rings. The van der Waals surface area contributed by atoms with Crippen LogP contribution in [-0.4, -0.2) is 26.0 Å². The van der Waals surface area contributed by atoms with E-state index in [0.717, 1.165) is 17.9 Å². The largest absolute Gasteiger partial charge is 0.497 e. The lowest BCUT2D eigenvalue weighted by molar-refractivity contribution is 0.0993. The van der Waals surface area contributed by atoms with Crippen molar-refractivity contribution in [2.24, 2.45) is 0 Å². The predicted molar refractivity (Wildman–Crippen MR) is 65.7 cm³/mol. The van der Waals surface area contributed by atoms with E-state index in [1.807, 2.05) is 12.1 Å². The number of ether oxygens (including phenoxy) is 1. The quantitative estimate of drug-likeness (QED) is 0.802. The van der Waals surface area contributed by atoms with Crippen LogP contribution in [0.2, 0.25) is 0 Å². The minimum atomic E-state index is 0.177. The van der Waals surface area contributed by atoms with Gasteiger partial charge in [-0.1, -0.05) is 6.42 Å². The van der Waals surface area contributed by atoms with E-state index in [-0.39, 0.29) is 11.2 Å². The number of fused-ring (bicyclic) bond motifs is 2. The molecule has 1 aromatic carbocycles. The number of hydrogen-bond acceptors (Lipinski definition) is 3. The van der Waals surface area contributed by atoms with Crippen molar-refractivity contribution in [3.8, 4) is 5.75 Å². The molecule has 3 nitrogen and oxygen atoms in total. The van der Waals surface area contributed by atoms with Crippen LogP contribution in [0.5, 0.6) is 5.75 Å². The molecule has 1 saturated carbocycles. The molecule has 2 aliphatic rings. The summed E-state index contributed by atoms with van der Waals surface area (Å²) in [6.07, 6.45) is 3.60. The van der Waals surface area contributed by atoms with Crippen LogP contribution in [0.15, 0.2) is 18.2 Å². The third kappa shape index (κ3) is 1.57. The SMILES string of the molecule is COc1ccc2c(c1)C1(CCC1)CNCC2=O. The van der Waals surface area contributed by atoms with Crippen molar-refractivity contribution < 1.29 is 9.53 Å². The lowest BCUT2D eigenvalue weighted by Crippen LogP contribution is -2.42. The highest BCUT2D eigenvalue weighted by atomic mass is 16.5. The van der Waals surface area contributed by atoms with Gasteiger partial charge >= 0.3 is 0 Å². The number of hydrogen-bond donors (Lipinski definition) is 1. The fourth-order valence-electron chi connectivity index (χ4n) is 2.99. The zero-order valence-electron chi connectivity index (χ0n) is 10.1. The molecular formula is C14H17NO2.